The second kappa shape index (κ2) is 52.3. The van der Waals surface area contributed by atoms with Crippen LogP contribution in [0, 0.1) is 0 Å². The minimum atomic E-state index is -1.63. The predicted octanol–water partition coefficient (Wildman–Crippen LogP) is 15.0. The number of carbonyl (C=O) groups is 3. The number of rotatable bonds is 50. The molecule has 9 heteroatoms. The van der Waals surface area contributed by atoms with Gasteiger partial charge >= 0.3 is 11.9 Å². The molecule has 0 spiro atoms. The van der Waals surface area contributed by atoms with Crippen molar-refractivity contribution in [3.8, 4) is 0 Å². The van der Waals surface area contributed by atoms with E-state index in [1.54, 1.807) is 0 Å². The van der Waals surface area contributed by atoms with Crippen molar-refractivity contribution in [3.63, 3.8) is 0 Å². The quantitative estimate of drug-likeness (QED) is 0.0195. The van der Waals surface area contributed by atoms with Crippen molar-refractivity contribution in [1.82, 2.24) is 0 Å². The summed E-state index contributed by atoms with van der Waals surface area (Å²) in [7, 11) is 5.90. The fraction of sp³-hybridized carbons (Fsp3) is 0.661. The number of quaternary nitrogens is 1. The third-order valence-corrected chi connectivity index (χ3v) is 11.5. The van der Waals surface area contributed by atoms with E-state index >= 15 is 0 Å². The number of likely N-dealkylation sites (N-methyl/N-ethyl adjacent to an activating group) is 1. The smallest absolute Gasteiger partial charge is 0.306 e. The lowest BCUT2D eigenvalue weighted by atomic mass is 10.0. The van der Waals surface area contributed by atoms with Crippen LogP contribution in [0.25, 0.3) is 0 Å². The lowest BCUT2D eigenvalue weighted by Gasteiger charge is -2.26. The van der Waals surface area contributed by atoms with Gasteiger partial charge in [0.05, 0.1) is 40.3 Å². The van der Waals surface area contributed by atoms with Gasteiger partial charge in [0.25, 0.3) is 0 Å². The van der Waals surface area contributed by atoms with Gasteiger partial charge in [-0.2, -0.15) is 0 Å². The fourth-order valence-corrected chi connectivity index (χ4v) is 7.26. The number of nitrogens with zero attached hydrogens (tertiary/aromatic N) is 1. The van der Waals surface area contributed by atoms with Crippen LogP contribution < -0.4 is 5.11 Å². The molecule has 71 heavy (non-hydrogen) atoms. The molecule has 0 rings (SSSR count). The van der Waals surface area contributed by atoms with E-state index in [2.05, 4.69) is 123 Å². The normalized spacial score (nSPS) is 13.6. The third kappa shape index (κ3) is 53.6. The average molecular weight is 991 g/mol. The molecule has 2 atom stereocenters. The Morgan fingerprint density at radius 3 is 1.13 bits per heavy atom. The molecule has 2 unspecified atom stereocenters. The Kier molecular flexibility index (Phi) is 49.3. The number of hydrogen-bond donors (Lipinski definition) is 0. The second-order valence-electron chi connectivity index (χ2n) is 19.5. The maximum absolute atomic E-state index is 12.8. The summed E-state index contributed by atoms with van der Waals surface area (Å²) in [6.45, 7) is 4.48. The first-order chi connectivity index (χ1) is 34.6. The fourth-order valence-electron chi connectivity index (χ4n) is 7.26. The van der Waals surface area contributed by atoms with Gasteiger partial charge in [-0.05, 0) is 96.3 Å². The summed E-state index contributed by atoms with van der Waals surface area (Å²) in [5, 5.41) is 11.8. The molecule has 9 nitrogen and oxygen atoms in total. The lowest BCUT2D eigenvalue weighted by molar-refractivity contribution is -0.870. The molecule has 0 heterocycles. The molecule has 0 saturated heterocycles. The average Bonchev–Trinajstić information content (AvgIpc) is 3.34. The third-order valence-electron chi connectivity index (χ3n) is 11.5. The number of hydrogen-bond acceptors (Lipinski definition) is 8. The first-order valence-corrected chi connectivity index (χ1v) is 28.0. The summed E-state index contributed by atoms with van der Waals surface area (Å²) >= 11 is 0. The van der Waals surface area contributed by atoms with Gasteiger partial charge in [-0.15, -0.1) is 0 Å². The molecule has 0 aromatic carbocycles. The molecule has 0 aliphatic heterocycles. The Balaban J connectivity index is 4.32. The van der Waals surface area contributed by atoms with Crippen molar-refractivity contribution < 1.29 is 42.9 Å². The maximum atomic E-state index is 12.8. The molecule has 0 amide bonds. The summed E-state index contributed by atoms with van der Waals surface area (Å²) in [5.41, 5.74) is 0. The van der Waals surface area contributed by atoms with Gasteiger partial charge in [-0.3, -0.25) is 9.59 Å². The summed E-state index contributed by atoms with van der Waals surface area (Å²) in [4.78, 5) is 37.3. The molecular weight excluding hydrogens is 887 g/mol. The highest BCUT2D eigenvalue weighted by Gasteiger charge is 2.22. The van der Waals surface area contributed by atoms with E-state index in [-0.39, 0.29) is 38.6 Å². The Morgan fingerprint density at radius 1 is 0.423 bits per heavy atom. The zero-order valence-electron chi connectivity index (χ0n) is 45.8. The van der Waals surface area contributed by atoms with Crippen molar-refractivity contribution in [2.45, 2.75) is 219 Å². The summed E-state index contributed by atoms with van der Waals surface area (Å²) in [6.07, 6.45) is 68.4. The van der Waals surface area contributed by atoms with Crippen LogP contribution in [0.5, 0.6) is 0 Å². The minimum absolute atomic E-state index is 0.137. The van der Waals surface area contributed by atoms with Gasteiger partial charge in [0.2, 0.25) is 0 Å². The predicted molar refractivity (Wildman–Crippen MR) is 297 cm³/mol. The topological polar surface area (TPSA) is 111 Å². The van der Waals surface area contributed by atoms with E-state index in [0.29, 0.717) is 17.4 Å². The number of esters is 2. The molecule has 0 aliphatic rings. The number of aliphatic carboxylic acids is 1. The Bertz CT molecular complexity index is 1530. The van der Waals surface area contributed by atoms with Crippen LogP contribution in [0.2, 0.25) is 0 Å². The van der Waals surface area contributed by atoms with Crippen molar-refractivity contribution in [1.29, 1.82) is 0 Å². The van der Waals surface area contributed by atoms with Gasteiger partial charge in [0, 0.05) is 12.8 Å². The van der Waals surface area contributed by atoms with Crippen molar-refractivity contribution in [2.75, 3.05) is 47.5 Å². The first kappa shape index (κ1) is 67.0. The van der Waals surface area contributed by atoms with Crippen LogP contribution in [-0.4, -0.2) is 82.3 Å². The number of carbonyl (C=O) groups excluding carboxylic acids is 3. The lowest BCUT2D eigenvalue weighted by Crippen LogP contribution is -2.44. The van der Waals surface area contributed by atoms with Gasteiger partial charge in [-0.1, -0.05) is 207 Å². The highest BCUT2D eigenvalue weighted by atomic mass is 16.7. The SMILES string of the molecule is CC/C=C\C/C=C\C/C=C\C/C=C\C/C=C\CCCCCCCC(=O)OC(COC(=O)CCCCCCCCCCCCCC/C=C\C/C=C\C/C=C\C/C=C\CC)COC(OCC[N+](C)(C)C)C(=O)[O-]. The van der Waals surface area contributed by atoms with Crippen LogP contribution in [0.1, 0.15) is 206 Å². The molecular formula is C62H103NO8. The van der Waals surface area contributed by atoms with E-state index in [9.17, 15) is 19.5 Å². The van der Waals surface area contributed by atoms with Crippen LogP contribution in [0.15, 0.2) is 109 Å². The highest BCUT2D eigenvalue weighted by molar-refractivity contribution is 5.70. The van der Waals surface area contributed by atoms with Crippen molar-refractivity contribution in [2.24, 2.45) is 0 Å². The number of allylic oxidation sites excluding steroid dienone is 18. The number of unbranched alkanes of at least 4 members (excludes halogenated alkanes) is 17. The summed E-state index contributed by atoms with van der Waals surface area (Å²) in [5.74, 6) is -2.32. The molecule has 0 aliphatic carbocycles. The second-order valence-corrected chi connectivity index (χ2v) is 19.5. The molecule has 0 N–H and O–H groups in total. The Labute approximate surface area is 434 Å². The van der Waals surface area contributed by atoms with E-state index in [1.807, 2.05) is 21.1 Å². The standard InChI is InChI=1S/C62H103NO8/c1-6-8-10-12-14-16-18-20-22-24-26-28-29-30-31-33-34-36-38-40-42-44-46-48-50-52-59(64)69-56-58(57-70-62(61(66)67)68-55-54-63(3,4)5)71-60(65)53-51-49-47-45-43-41-39-37-35-32-27-25-23-21-19-17-15-13-11-9-7-2/h8-11,14-17,20-23,26-28,32,37,39,58,62H,6-7,12-13,18-19,24-25,29-31,33-36,38,40-57H2,1-5H3/b10-8-,11-9-,16-14-,17-15-,22-20-,23-21-,28-26-,32-27-,39-37-. The van der Waals surface area contributed by atoms with Gasteiger partial charge in [-0.25, -0.2) is 0 Å². The molecule has 0 fully saturated rings. The summed E-state index contributed by atoms with van der Waals surface area (Å²) < 4.78 is 22.7. The summed E-state index contributed by atoms with van der Waals surface area (Å²) in [6, 6.07) is 0. The number of ether oxygens (including phenoxy) is 4. The van der Waals surface area contributed by atoms with Gasteiger partial charge < -0.3 is 33.3 Å². The van der Waals surface area contributed by atoms with Crippen LogP contribution in [0.4, 0.5) is 0 Å². The van der Waals surface area contributed by atoms with Crippen molar-refractivity contribution >= 4 is 17.9 Å². The molecule has 0 saturated carbocycles. The monoisotopic (exact) mass is 990 g/mol. The number of carboxylic acids is 1. The van der Waals surface area contributed by atoms with Crippen LogP contribution in [0.3, 0.4) is 0 Å². The van der Waals surface area contributed by atoms with Gasteiger partial charge in [0.15, 0.2) is 12.4 Å². The van der Waals surface area contributed by atoms with Gasteiger partial charge in [0.1, 0.15) is 13.2 Å². The van der Waals surface area contributed by atoms with E-state index in [0.717, 1.165) is 109 Å². The van der Waals surface area contributed by atoms with E-state index in [4.69, 9.17) is 18.9 Å². The number of carboxylic acid groups (broad SMARTS) is 1. The van der Waals surface area contributed by atoms with E-state index < -0.39 is 24.3 Å². The zero-order chi connectivity index (χ0) is 52.0. The Morgan fingerprint density at radius 2 is 0.761 bits per heavy atom. The molecule has 0 aromatic heterocycles. The minimum Gasteiger partial charge on any atom is -0.545 e. The largest absolute Gasteiger partial charge is 0.545 e. The van der Waals surface area contributed by atoms with Crippen LogP contribution >= 0.6 is 0 Å². The molecule has 0 radical (unpaired) electrons. The van der Waals surface area contributed by atoms with Crippen molar-refractivity contribution in [3.05, 3.63) is 109 Å². The maximum Gasteiger partial charge on any atom is 0.306 e. The molecule has 0 bridgehead atoms. The zero-order valence-corrected chi connectivity index (χ0v) is 45.8. The highest BCUT2D eigenvalue weighted by Crippen LogP contribution is 2.15. The first-order valence-electron chi connectivity index (χ1n) is 28.0. The molecule has 404 valence electrons. The Hall–Kier alpha value is -4.05. The van der Waals surface area contributed by atoms with E-state index in [1.165, 1.54) is 64.2 Å². The van der Waals surface area contributed by atoms with Crippen LogP contribution in [-0.2, 0) is 33.3 Å². The molecule has 0 aromatic rings.